The Balaban J connectivity index is 3.42. The van der Waals surface area contributed by atoms with E-state index in [4.69, 9.17) is 4.74 Å². The number of nitrogens with one attached hydrogen (secondary N) is 1. The molecule has 1 amide bonds. The first-order valence-electron chi connectivity index (χ1n) is 29.0. The summed E-state index contributed by atoms with van der Waals surface area (Å²) in [4.78, 5) is 24.5. The number of allylic oxidation sites excluding steroid dienone is 1. The van der Waals surface area contributed by atoms with E-state index in [0.29, 0.717) is 19.4 Å². The van der Waals surface area contributed by atoms with Crippen LogP contribution in [0.2, 0.25) is 0 Å². The van der Waals surface area contributed by atoms with Gasteiger partial charge in [0.2, 0.25) is 5.91 Å². The van der Waals surface area contributed by atoms with Crippen molar-refractivity contribution < 1.29 is 24.5 Å². The molecule has 0 saturated carbocycles. The molecule has 3 N–H and O–H groups in total. The van der Waals surface area contributed by atoms with Gasteiger partial charge in [-0.3, -0.25) is 9.59 Å². The summed E-state index contributed by atoms with van der Waals surface area (Å²) in [5.74, 6) is -0.0608. The van der Waals surface area contributed by atoms with Crippen molar-refractivity contribution in [2.75, 3.05) is 13.2 Å². The predicted octanol–water partition coefficient (Wildman–Crippen LogP) is 17.7. The Morgan fingerprint density at radius 3 is 1.06 bits per heavy atom. The number of carbonyl (C=O) groups excluding carboxylic acids is 2. The first-order chi connectivity index (χ1) is 31.5. The Hall–Kier alpha value is -1.40. The van der Waals surface area contributed by atoms with Gasteiger partial charge in [-0.15, -0.1) is 0 Å². The van der Waals surface area contributed by atoms with E-state index in [1.54, 1.807) is 6.08 Å². The summed E-state index contributed by atoms with van der Waals surface area (Å²) in [6, 6.07) is -0.629. The van der Waals surface area contributed by atoms with Crippen LogP contribution in [-0.4, -0.2) is 47.4 Å². The molecule has 6 nitrogen and oxygen atoms in total. The second-order valence-electron chi connectivity index (χ2n) is 20.0. The third-order valence-electron chi connectivity index (χ3n) is 13.6. The van der Waals surface area contributed by atoms with Crippen LogP contribution in [0.3, 0.4) is 0 Å². The van der Waals surface area contributed by atoms with Crippen LogP contribution in [0.1, 0.15) is 322 Å². The van der Waals surface area contributed by atoms with Crippen LogP contribution >= 0.6 is 0 Å². The largest absolute Gasteiger partial charge is 0.466 e. The fraction of sp³-hybridized carbons (Fsp3) is 0.931. The normalized spacial score (nSPS) is 12.6. The monoisotopic (exact) mass is 904 g/mol. The molecular formula is C58H113NO5. The molecule has 0 heterocycles. The van der Waals surface area contributed by atoms with E-state index < -0.39 is 12.1 Å². The molecule has 0 rings (SSSR count). The lowest BCUT2D eigenvalue weighted by molar-refractivity contribution is -0.143. The van der Waals surface area contributed by atoms with Gasteiger partial charge in [0.25, 0.3) is 0 Å². The highest BCUT2D eigenvalue weighted by atomic mass is 16.5. The van der Waals surface area contributed by atoms with Crippen molar-refractivity contribution >= 4 is 11.9 Å². The van der Waals surface area contributed by atoms with Crippen molar-refractivity contribution in [1.82, 2.24) is 5.32 Å². The SMILES string of the molecule is CCCCCCCCCCCCCCC/C=C/C(O)C(CO)NC(=O)CCCCCCCCCCCCCCCCCCCCOC(=O)CCCCCCCCCCCCCCCC. The van der Waals surface area contributed by atoms with Gasteiger partial charge in [-0.25, -0.2) is 0 Å². The highest BCUT2D eigenvalue weighted by Crippen LogP contribution is 2.17. The zero-order valence-electron chi connectivity index (χ0n) is 43.3. The third kappa shape index (κ3) is 50.0. The molecule has 6 heteroatoms. The average molecular weight is 905 g/mol. The fourth-order valence-corrected chi connectivity index (χ4v) is 9.11. The van der Waals surface area contributed by atoms with Crippen LogP contribution in [-0.2, 0) is 14.3 Å². The van der Waals surface area contributed by atoms with E-state index in [9.17, 15) is 19.8 Å². The Kier molecular flexibility index (Phi) is 53.0. The summed E-state index contributed by atoms with van der Waals surface area (Å²) in [6.45, 7) is 4.91. The molecule has 0 bridgehead atoms. The van der Waals surface area contributed by atoms with Crippen molar-refractivity contribution in [3.05, 3.63) is 12.2 Å². The highest BCUT2D eigenvalue weighted by Gasteiger charge is 2.18. The number of esters is 1. The summed E-state index contributed by atoms with van der Waals surface area (Å²) in [5.41, 5.74) is 0. The maximum absolute atomic E-state index is 12.4. The van der Waals surface area contributed by atoms with E-state index in [1.807, 2.05) is 6.08 Å². The summed E-state index contributed by atoms with van der Waals surface area (Å²) >= 11 is 0. The Bertz CT molecular complexity index is 955. The Labute approximate surface area is 399 Å². The zero-order valence-corrected chi connectivity index (χ0v) is 43.3. The topological polar surface area (TPSA) is 95.9 Å². The van der Waals surface area contributed by atoms with Gasteiger partial charge < -0.3 is 20.3 Å². The summed E-state index contributed by atoms with van der Waals surface area (Å²) < 4.78 is 5.48. The lowest BCUT2D eigenvalue weighted by Gasteiger charge is -2.20. The van der Waals surface area contributed by atoms with Gasteiger partial charge in [-0.2, -0.15) is 0 Å². The number of hydrogen-bond donors (Lipinski definition) is 3. The van der Waals surface area contributed by atoms with Gasteiger partial charge in [0.1, 0.15) is 0 Å². The average Bonchev–Trinajstić information content (AvgIpc) is 3.29. The quantitative estimate of drug-likeness (QED) is 0.0321. The molecule has 2 atom stereocenters. The lowest BCUT2D eigenvalue weighted by atomic mass is 10.0. The number of aliphatic hydroxyl groups is 2. The molecule has 64 heavy (non-hydrogen) atoms. The minimum atomic E-state index is -0.846. The summed E-state index contributed by atoms with van der Waals surface area (Å²) in [7, 11) is 0. The third-order valence-corrected chi connectivity index (χ3v) is 13.6. The van der Waals surface area contributed by atoms with Gasteiger partial charge in [0.05, 0.1) is 25.4 Å². The second-order valence-corrected chi connectivity index (χ2v) is 20.0. The molecule has 0 spiro atoms. The number of hydrogen-bond acceptors (Lipinski definition) is 5. The lowest BCUT2D eigenvalue weighted by Crippen LogP contribution is -2.45. The standard InChI is InChI=1S/C58H113NO5/c1-3-5-7-9-11-13-15-17-23-26-30-34-38-42-46-50-56(61)55(54-60)59-57(62)51-47-43-39-35-31-27-24-21-19-20-22-25-29-33-37-41-45-49-53-64-58(63)52-48-44-40-36-32-28-18-16-14-12-10-8-6-4-2/h46,50,55-56,60-61H,3-45,47-49,51-54H2,1-2H3,(H,59,62)/b50-46+. The van der Waals surface area contributed by atoms with E-state index in [1.165, 1.54) is 257 Å². The molecule has 0 radical (unpaired) electrons. The molecule has 380 valence electrons. The van der Waals surface area contributed by atoms with Crippen molar-refractivity contribution in [1.29, 1.82) is 0 Å². The minimum Gasteiger partial charge on any atom is -0.466 e. The molecule has 0 aromatic heterocycles. The highest BCUT2D eigenvalue weighted by molar-refractivity contribution is 5.76. The number of rotatable bonds is 54. The van der Waals surface area contributed by atoms with Crippen LogP contribution in [0.5, 0.6) is 0 Å². The van der Waals surface area contributed by atoms with Gasteiger partial charge in [0, 0.05) is 12.8 Å². The molecule has 0 fully saturated rings. The molecule has 0 aliphatic heterocycles. The second kappa shape index (κ2) is 54.2. The molecular weight excluding hydrogens is 791 g/mol. The smallest absolute Gasteiger partial charge is 0.305 e. The van der Waals surface area contributed by atoms with Gasteiger partial charge in [-0.05, 0) is 32.1 Å². The molecule has 0 aliphatic rings. The maximum Gasteiger partial charge on any atom is 0.305 e. The van der Waals surface area contributed by atoms with Crippen molar-refractivity contribution in [3.8, 4) is 0 Å². The number of carbonyl (C=O) groups is 2. The summed E-state index contributed by atoms with van der Waals surface area (Å²) in [5, 5.41) is 23.1. The zero-order chi connectivity index (χ0) is 46.5. The first-order valence-corrected chi connectivity index (χ1v) is 29.0. The van der Waals surface area contributed by atoms with Crippen molar-refractivity contribution in [3.63, 3.8) is 0 Å². The fourth-order valence-electron chi connectivity index (χ4n) is 9.11. The Morgan fingerprint density at radius 1 is 0.422 bits per heavy atom. The van der Waals surface area contributed by atoms with Crippen LogP contribution in [0.15, 0.2) is 12.2 Å². The van der Waals surface area contributed by atoms with E-state index >= 15 is 0 Å². The molecule has 0 aromatic rings. The molecule has 0 saturated heterocycles. The Morgan fingerprint density at radius 2 is 0.719 bits per heavy atom. The number of amides is 1. The van der Waals surface area contributed by atoms with Crippen LogP contribution < -0.4 is 5.32 Å². The minimum absolute atomic E-state index is 0.00920. The maximum atomic E-state index is 12.4. The van der Waals surface area contributed by atoms with Gasteiger partial charge >= 0.3 is 5.97 Å². The molecule has 0 aromatic carbocycles. The van der Waals surface area contributed by atoms with E-state index in [0.717, 1.165) is 38.5 Å². The van der Waals surface area contributed by atoms with Crippen LogP contribution in [0, 0.1) is 0 Å². The summed E-state index contributed by atoms with van der Waals surface area (Å²) in [6.07, 6.45) is 63.7. The number of ether oxygens (including phenoxy) is 1. The van der Waals surface area contributed by atoms with E-state index in [2.05, 4.69) is 19.2 Å². The number of unbranched alkanes of at least 4 members (excludes halogenated alkanes) is 43. The molecule has 2 unspecified atom stereocenters. The number of aliphatic hydroxyl groups excluding tert-OH is 2. The first kappa shape index (κ1) is 62.6. The molecule has 0 aliphatic carbocycles. The van der Waals surface area contributed by atoms with Crippen molar-refractivity contribution in [2.24, 2.45) is 0 Å². The van der Waals surface area contributed by atoms with Gasteiger partial charge in [-0.1, -0.05) is 289 Å². The van der Waals surface area contributed by atoms with E-state index in [-0.39, 0.29) is 18.5 Å². The van der Waals surface area contributed by atoms with Gasteiger partial charge in [0.15, 0.2) is 0 Å². The van der Waals surface area contributed by atoms with Crippen LogP contribution in [0.25, 0.3) is 0 Å². The predicted molar refractivity (Wildman–Crippen MR) is 278 cm³/mol. The van der Waals surface area contributed by atoms with Crippen molar-refractivity contribution in [2.45, 2.75) is 334 Å². The van der Waals surface area contributed by atoms with Crippen LogP contribution in [0.4, 0.5) is 0 Å².